The van der Waals surface area contributed by atoms with Gasteiger partial charge in [-0.05, 0) is 68.9 Å². The van der Waals surface area contributed by atoms with Gasteiger partial charge in [0.15, 0.2) is 11.3 Å². The summed E-state index contributed by atoms with van der Waals surface area (Å²) in [6.07, 6.45) is 4.01. The van der Waals surface area contributed by atoms with Crippen LogP contribution in [0.4, 0.5) is 4.79 Å². The highest BCUT2D eigenvalue weighted by Crippen LogP contribution is 2.42. The van der Waals surface area contributed by atoms with E-state index in [-0.39, 0.29) is 5.69 Å². The SMILES string of the molecule is COC(=O)c1nc2cccnn2c1-c1ccccc1-c1ccc(C2(NC(=O)OC(C)(C)C)CCC2)cc1. The minimum absolute atomic E-state index is 0.209. The maximum atomic E-state index is 12.6. The van der Waals surface area contributed by atoms with Gasteiger partial charge in [0.25, 0.3) is 0 Å². The number of hydrogen-bond donors (Lipinski definition) is 1. The van der Waals surface area contributed by atoms with Crippen molar-refractivity contribution >= 4 is 17.7 Å². The van der Waals surface area contributed by atoms with Crippen molar-refractivity contribution in [2.24, 2.45) is 0 Å². The third-order valence-electron chi connectivity index (χ3n) is 6.65. The summed E-state index contributed by atoms with van der Waals surface area (Å²) in [6, 6.07) is 19.6. The molecule has 1 amide bonds. The van der Waals surface area contributed by atoms with E-state index in [1.54, 1.807) is 22.8 Å². The van der Waals surface area contributed by atoms with E-state index in [2.05, 4.69) is 27.5 Å². The number of methoxy groups -OCH3 is 1. The summed E-state index contributed by atoms with van der Waals surface area (Å²) in [4.78, 5) is 29.6. The Labute approximate surface area is 215 Å². The van der Waals surface area contributed by atoms with Crippen LogP contribution in [0.5, 0.6) is 0 Å². The molecule has 2 heterocycles. The molecular weight excluding hydrogens is 468 g/mol. The number of ether oxygens (including phenoxy) is 2. The molecule has 0 aliphatic heterocycles. The molecule has 1 fully saturated rings. The van der Waals surface area contributed by atoms with E-state index in [0.717, 1.165) is 41.5 Å². The van der Waals surface area contributed by atoms with Crippen molar-refractivity contribution < 1.29 is 19.1 Å². The van der Waals surface area contributed by atoms with Gasteiger partial charge in [0.2, 0.25) is 0 Å². The van der Waals surface area contributed by atoms with Crippen molar-refractivity contribution in [1.82, 2.24) is 19.9 Å². The van der Waals surface area contributed by atoms with E-state index in [1.165, 1.54) is 7.11 Å². The fourth-order valence-corrected chi connectivity index (χ4v) is 4.79. The van der Waals surface area contributed by atoms with Gasteiger partial charge in [-0.15, -0.1) is 0 Å². The lowest BCUT2D eigenvalue weighted by molar-refractivity contribution is 0.0377. The lowest BCUT2D eigenvalue weighted by Gasteiger charge is -2.43. The fourth-order valence-electron chi connectivity index (χ4n) is 4.79. The molecule has 37 heavy (non-hydrogen) atoms. The number of nitrogens with zero attached hydrogens (tertiary/aromatic N) is 3. The zero-order chi connectivity index (χ0) is 26.2. The van der Waals surface area contributed by atoms with Gasteiger partial charge in [0.1, 0.15) is 11.3 Å². The van der Waals surface area contributed by atoms with Gasteiger partial charge in [0, 0.05) is 11.8 Å². The normalized spacial score (nSPS) is 14.6. The minimum Gasteiger partial charge on any atom is -0.464 e. The first kappa shape index (κ1) is 24.5. The topological polar surface area (TPSA) is 94.8 Å². The molecule has 5 rings (SSSR count). The molecule has 1 saturated carbocycles. The summed E-state index contributed by atoms with van der Waals surface area (Å²) in [7, 11) is 1.34. The van der Waals surface area contributed by atoms with Gasteiger partial charge in [-0.1, -0.05) is 48.5 Å². The minimum atomic E-state index is -0.557. The molecule has 1 N–H and O–H groups in total. The molecule has 2 aromatic carbocycles. The third-order valence-corrected chi connectivity index (χ3v) is 6.65. The first-order valence-electron chi connectivity index (χ1n) is 12.3. The summed E-state index contributed by atoms with van der Waals surface area (Å²) in [6.45, 7) is 5.57. The maximum absolute atomic E-state index is 12.6. The zero-order valence-corrected chi connectivity index (χ0v) is 21.4. The average molecular weight is 499 g/mol. The molecule has 0 bridgehead atoms. The van der Waals surface area contributed by atoms with E-state index < -0.39 is 23.2 Å². The van der Waals surface area contributed by atoms with Crippen molar-refractivity contribution in [3.8, 4) is 22.4 Å². The predicted octanol–water partition coefficient (Wildman–Crippen LogP) is 5.75. The standard InChI is InChI=1S/C29H30N4O4/c1-28(2,3)37-27(35)32-29(16-8-17-29)20-14-12-19(13-15-20)21-9-5-6-10-22(21)25-24(26(34)36-4)31-23-11-7-18-30-33(23)25/h5-7,9-15,18H,8,16-17H2,1-4H3,(H,32,35). The quantitative estimate of drug-likeness (QED) is 0.352. The van der Waals surface area contributed by atoms with Gasteiger partial charge in [-0.3, -0.25) is 0 Å². The molecule has 8 heteroatoms. The van der Waals surface area contributed by atoms with Crippen LogP contribution in [0.1, 0.15) is 56.1 Å². The Bertz CT molecular complexity index is 1460. The van der Waals surface area contributed by atoms with E-state index in [9.17, 15) is 9.59 Å². The Morgan fingerprint density at radius 2 is 1.68 bits per heavy atom. The highest BCUT2D eigenvalue weighted by atomic mass is 16.6. The first-order valence-corrected chi connectivity index (χ1v) is 12.3. The summed E-state index contributed by atoms with van der Waals surface area (Å²) in [5.74, 6) is -0.522. The number of rotatable bonds is 5. The van der Waals surface area contributed by atoms with Crippen LogP contribution in [-0.4, -0.2) is 39.4 Å². The Balaban J connectivity index is 1.52. The Kier molecular flexibility index (Phi) is 6.19. The van der Waals surface area contributed by atoms with Crippen LogP contribution in [0.3, 0.4) is 0 Å². The van der Waals surface area contributed by atoms with Crippen LogP contribution >= 0.6 is 0 Å². The second-order valence-corrected chi connectivity index (χ2v) is 10.3. The molecule has 8 nitrogen and oxygen atoms in total. The number of carbonyl (C=O) groups excluding carboxylic acids is 2. The van der Waals surface area contributed by atoms with Crippen molar-refractivity contribution in [3.63, 3.8) is 0 Å². The highest BCUT2D eigenvalue weighted by molar-refractivity contribution is 5.98. The van der Waals surface area contributed by atoms with Crippen LogP contribution in [0, 0.1) is 0 Å². The molecule has 4 aromatic rings. The molecule has 0 radical (unpaired) electrons. The van der Waals surface area contributed by atoms with Gasteiger partial charge < -0.3 is 14.8 Å². The van der Waals surface area contributed by atoms with E-state index >= 15 is 0 Å². The van der Waals surface area contributed by atoms with Gasteiger partial charge in [0.05, 0.1) is 12.6 Å². The number of fused-ring (bicyclic) bond motifs is 1. The lowest BCUT2D eigenvalue weighted by Crippen LogP contribution is -2.52. The number of imidazole rings is 1. The summed E-state index contributed by atoms with van der Waals surface area (Å²) >= 11 is 0. The predicted molar refractivity (Wildman–Crippen MR) is 140 cm³/mol. The molecule has 2 aromatic heterocycles. The molecule has 0 unspecified atom stereocenters. The molecule has 0 spiro atoms. The van der Waals surface area contributed by atoms with Crippen LogP contribution < -0.4 is 5.32 Å². The zero-order valence-electron chi connectivity index (χ0n) is 21.4. The van der Waals surface area contributed by atoms with E-state index in [0.29, 0.717) is 11.3 Å². The van der Waals surface area contributed by atoms with Crippen LogP contribution in [0.2, 0.25) is 0 Å². The Morgan fingerprint density at radius 1 is 0.973 bits per heavy atom. The maximum Gasteiger partial charge on any atom is 0.408 e. The number of amides is 1. The van der Waals surface area contributed by atoms with Gasteiger partial charge in [-0.2, -0.15) is 5.10 Å². The Morgan fingerprint density at radius 3 is 2.30 bits per heavy atom. The number of nitrogens with one attached hydrogen (secondary N) is 1. The van der Waals surface area contributed by atoms with Crippen molar-refractivity contribution in [3.05, 3.63) is 78.1 Å². The average Bonchev–Trinajstić information content (AvgIpc) is 3.24. The van der Waals surface area contributed by atoms with Crippen molar-refractivity contribution in [1.29, 1.82) is 0 Å². The summed E-state index contributed by atoms with van der Waals surface area (Å²) < 4.78 is 12.2. The molecule has 1 aliphatic rings. The molecule has 1 aliphatic carbocycles. The summed E-state index contributed by atoms with van der Waals surface area (Å²) in [5.41, 5.74) is 4.10. The molecule has 0 saturated heterocycles. The van der Waals surface area contributed by atoms with Crippen LogP contribution in [0.15, 0.2) is 66.9 Å². The second-order valence-electron chi connectivity index (χ2n) is 10.3. The number of alkyl carbamates (subject to hydrolysis) is 1. The fraction of sp³-hybridized carbons (Fsp3) is 0.310. The second kappa shape index (κ2) is 9.35. The highest BCUT2D eigenvalue weighted by Gasteiger charge is 2.41. The van der Waals surface area contributed by atoms with E-state index in [1.807, 2.05) is 57.2 Å². The summed E-state index contributed by atoms with van der Waals surface area (Å²) in [5, 5.41) is 7.55. The van der Waals surface area contributed by atoms with Gasteiger partial charge >= 0.3 is 12.1 Å². The molecular formula is C29H30N4O4. The van der Waals surface area contributed by atoms with Crippen LogP contribution in [-0.2, 0) is 15.0 Å². The third kappa shape index (κ3) is 4.67. The molecule has 190 valence electrons. The van der Waals surface area contributed by atoms with E-state index in [4.69, 9.17) is 9.47 Å². The number of esters is 1. The Hall–Kier alpha value is -4.20. The number of aromatic nitrogens is 3. The number of benzene rings is 2. The monoisotopic (exact) mass is 498 g/mol. The number of carbonyl (C=O) groups is 2. The van der Waals surface area contributed by atoms with Gasteiger partial charge in [-0.25, -0.2) is 19.1 Å². The van der Waals surface area contributed by atoms with Crippen molar-refractivity contribution in [2.75, 3.05) is 7.11 Å². The smallest absolute Gasteiger partial charge is 0.408 e. The largest absolute Gasteiger partial charge is 0.464 e. The van der Waals surface area contributed by atoms with Crippen LogP contribution in [0.25, 0.3) is 28.0 Å². The van der Waals surface area contributed by atoms with Crippen molar-refractivity contribution in [2.45, 2.75) is 51.2 Å². The first-order chi connectivity index (χ1) is 17.7. The molecule has 0 atom stereocenters. The number of hydrogen-bond acceptors (Lipinski definition) is 6. The lowest BCUT2D eigenvalue weighted by atomic mass is 9.71.